The Morgan fingerprint density at radius 2 is 2.10 bits per heavy atom. The number of para-hydroxylation sites is 1. The van der Waals surface area contributed by atoms with E-state index in [1.54, 1.807) is 19.2 Å². The minimum Gasteiger partial charge on any atom is -0.493 e. The van der Waals surface area contributed by atoms with E-state index in [2.05, 4.69) is 5.10 Å². The van der Waals surface area contributed by atoms with Crippen LogP contribution in [-0.4, -0.2) is 22.8 Å². The number of carbonyl (C=O) groups is 1. The third kappa shape index (κ3) is 1.87. The molecule has 20 heavy (non-hydrogen) atoms. The minimum absolute atomic E-state index is 0.246. The van der Waals surface area contributed by atoms with Gasteiger partial charge in [0.1, 0.15) is 0 Å². The van der Waals surface area contributed by atoms with Crippen molar-refractivity contribution in [3.05, 3.63) is 47.5 Å². The van der Waals surface area contributed by atoms with E-state index >= 15 is 0 Å². The van der Waals surface area contributed by atoms with E-state index in [0.29, 0.717) is 11.3 Å². The summed E-state index contributed by atoms with van der Waals surface area (Å²) >= 11 is 0. The first-order valence-corrected chi connectivity index (χ1v) is 6.24. The Labute approximate surface area is 115 Å². The van der Waals surface area contributed by atoms with Crippen LogP contribution in [0.3, 0.4) is 0 Å². The Morgan fingerprint density at radius 1 is 1.30 bits per heavy atom. The lowest BCUT2D eigenvalue weighted by molar-refractivity contribution is 0.0916. The zero-order valence-corrected chi connectivity index (χ0v) is 11.5. The normalized spacial score (nSPS) is 10.9. The second-order valence-electron chi connectivity index (χ2n) is 4.63. The van der Waals surface area contributed by atoms with Crippen molar-refractivity contribution in [2.75, 3.05) is 7.11 Å². The molecule has 102 valence electrons. The molecule has 0 aliphatic heterocycles. The third-order valence-corrected chi connectivity index (χ3v) is 3.14. The van der Waals surface area contributed by atoms with Gasteiger partial charge in [0.25, 0.3) is 0 Å². The number of furan rings is 1. The van der Waals surface area contributed by atoms with Crippen molar-refractivity contribution >= 4 is 16.9 Å². The van der Waals surface area contributed by atoms with Crippen LogP contribution in [0, 0.1) is 13.8 Å². The smallest absolute Gasteiger partial charge is 0.314 e. The first-order chi connectivity index (χ1) is 9.60. The fourth-order valence-corrected chi connectivity index (χ4v) is 2.24. The lowest BCUT2D eigenvalue weighted by Crippen LogP contribution is -2.14. The molecule has 2 heterocycles. The molecule has 0 atom stereocenters. The predicted octanol–water partition coefficient (Wildman–Crippen LogP) is 2.94. The van der Waals surface area contributed by atoms with Crippen molar-refractivity contribution in [1.82, 2.24) is 9.78 Å². The van der Waals surface area contributed by atoms with Crippen LogP contribution in [-0.2, 0) is 0 Å². The van der Waals surface area contributed by atoms with Gasteiger partial charge in [-0.2, -0.15) is 9.78 Å². The molecule has 0 saturated heterocycles. The Balaban J connectivity index is 2.11. The highest BCUT2D eigenvalue weighted by Crippen LogP contribution is 2.28. The molecule has 0 bridgehead atoms. The summed E-state index contributed by atoms with van der Waals surface area (Å²) in [7, 11) is 1.57. The highest BCUT2D eigenvalue weighted by atomic mass is 16.5. The maximum atomic E-state index is 12.4. The monoisotopic (exact) mass is 270 g/mol. The number of aryl methyl sites for hydroxylation is 2. The van der Waals surface area contributed by atoms with Gasteiger partial charge in [0.05, 0.1) is 12.8 Å². The Morgan fingerprint density at radius 3 is 2.75 bits per heavy atom. The van der Waals surface area contributed by atoms with Crippen LogP contribution in [0.2, 0.25) is 0 Å². The van der Waals surface area contributed by atoms with E-state index in [4.69, 9.17) is 9.15 Å². The summed E-state index contributed by atoms with van der Waals surface area (Å²) in [5.41, 5.74) is 2.14. The topological polar surface area (TPSA) is 57.3 Å². The summed E-state index contributed by atoms with van der Waals surface area (Å²) in [6, 6.07) is 9.08. The van der Waals surface area contributed by atoms with Gasteiger partial charge in [-0.15, -0.1) is 0 Å². The van der Waals surface area contributed by atoms with Gasteiger partial charge in [0.2, 0.25) is 0 Å². The van der Waals surface area contributed by atoms with E-state index in [1.165, 1.54) is 4.68 Å². The fourth-order valence-electron chi connectivity index (χ4n) is 2.24. The van der Waals surface area contributed by atoms with E-state index in [-0.39, 0.29) is 11.7 Å². The van der Waals surface area contributed by atoms with Crippen LogP contribution in [0.4, 0.5) is 0 Å². The number of hydrogen-bond donors (Lipinski definition) is 0. The van der Waals surface area contributed by atoms with Crippen LogP contribution in [0.15, 0.2) is 34.7 Å². The predicted molar refractivity (Wildman–Crippen MR) is 74.2 cm³/mol. The van der Waals surface area contributed by atoms with Crippen molar-refractivity contribution in [3.63, 3.8) is 0 Å². The van der Waals surface area contributed by atoms with Gasteiger partial charge >= 0.3 is 5.91 Å². The number of fused-ring (bicyclic) bond motifs is 1. The SMILES string of the molecule is COc1cccc2cc(C(=O)n3nc(C)cc3C)oc12. The van der Waals surface area contributed by atoms with Crippen LogP contribution in [0.1, 0.15) is 21.9 Å². The largest absolute Gasteiger partial charge is 0.493 e. The van der Waals surface area contributed by atoms with Gasteiger partial charge in [-0.1, -0.05) is 12.1 Å². The summed E-state index contributed by atoms with van der Waals surface area (Å²) in [6.07, 6.45) is 0. The fraction of sp³-hybridized carbons (Fsp3) is 0.200. The molecule has 0 amide bonds. The van der Waals surface area contributed by atoms with Crippen molar-refractivity contribution in [2.24, 2.45) is 0 Å². The number of methoxy groups -OCH3 is 1. The molecule has 2 aromatic heterocycles. The summed E-state index contributed by atoms with van der Waals surface area (Å²) in [6.45, 7) is 3.68. The van der Waals surface area contributed by atoms with E-state index in [0.717, 1.165) is 16.8 Å². The number of carbonyl (C=O) groups excluding carboxylic acids is 1. The quantitative estimate of drug-likeness (QED) is 0.718. The number of hydrogen-bond acceptors (Lipinski definition) is 4. The maximum Gasteiger partial charge on any atom is 0.314 e. The molecule has 3 aromatic rings. The number of nitrogens with zero attached hydrogens (tertiary/aromatic N) is 2. The number of rotatable bonds is 2. The van der Waals surface area contributed by atoms with Crippen molar-refractivity contribution in [3.8, 4) is 5.75 Å². The van der Waals surface area contributed by atoms with Crippen molar-refractivity contribution in [2.45, 2.75) is 13.8 Å². The van der Waals surface area contributed by atoms with Crippen molar-refractivity contribution in [1.29, 1.82) is 0 Å². The van der Waals surface area contributed by atoms with Gasteiger partial charge in [0, 0.05) is 11.1 Å². The molecule has 0 spiro atoms. The molecule has 5 nitrogen and oxygen atoms in total. The molecular weight excluding hydrogens is 256 g/mol. The lowest BCUT2D eigenvalue weighted by Gasteiger charge is -2.00. The molecule has 5 heteroatoms. The summed E-state index contributed by atoms with van der Waals surface area (Å²) in [5.74, 6) is 0.569. The molecule has 0 aliphatic carbocycles. The standard InChI is InChI=1S/C15H14N2O3/c1-9-7-10(2)17(16-9)15(18)13-8-11-5-4-6-12(19-3)14(11)20-13/h4-8H,1-3H3. The average Bonchev–Trinajstić information content (AvgIpc) is 3.00. The van der Waals surface area contributed by atoms with Crippen LogP contribution < -0.4 is 4.74 Å². The van der Waals surface area contributed by atoms with Crippen LogP contribution in [0.25, 0.3) is 11.0 Å². The second kappa shape index (κ2) is 4.52. The first-order valence-electron chi connectivity index (χ1n) is 6.24. The number of ether oxygens (including phenoxy) is 1. The van der Waals surface area contributed by atoms with Gasteiger partial charge in [-0.25, -0.2) is 0 Å². The summed E-state index contributed by atoms with van der Waals surface area (Å²) < 4.78 is 12.2. The average molecular weight is 270 g/mol. The molecule has 0 saturated carbocycles. The van der Waals surface area contributed by atoms with Gasteiger partial charge in [0.15, 0.2) is 17.1 Å². The first kappa shape index (κ1) is 12.5. The Bertz CT molecular complexity index is 799. The lowest BCUT2D eigenvalue weighted by atomic mass is 10.2. The zero-order valence-electron chi connectivity index (χ0n) is 11.5. The van der Waals surface area contributed by atoms with Gasteiger partial charge < -0.3 is 9.15 Å². The minimum atomic E-state index is -0.283. The Kier molecular flexibility index (Phi) is 2.82. The van der Waals surface area contributed by atoms with Gasteiger partial charge in [-0.3, -0.25) is 4.79 Å². The summed E-state index contributed by atoms with van der Waals surface area (Å²) in [5, 5.41) is 5.00. The summed E-state index contributed by atoms with van der Waals surface area (Å²) in [4.78, 5) is 12.4. The molecule has 0 N–H and O–H groups in total. The van der Waals surface area contributed by atoms with E-state index in [1.807, 2.05) is 32.0 Å². The molecule has 0 radical (unpaired) electrons. The molecule has 0 aliphatic rings. The van der Waals surface area contributed by atoms with Crippen LogP contribution >= 0.6 is 0 Å². The van der Waals surface area contributed by atoms with E-state index < -0.39 is 0 Å². The third-order valence-electron chi connectivity index (χ3n) is 3.14. The molecule has 1 aromatic carbocycles. The maximum absolute atomic E-state index is 12.4. The van der Waals surface area contributed by atoms with Gasteiger partial charge in [-0.05, 0) is 32.0 Å². The highest BCUT2D eigenvalue weighted by molar-refractivity contribution is 5.98. The highest BCUT2D eigenvalue weighted by Gasteiger charge is 2.18. The zero-order chi connectivity index (χ0) is 14.3. The molecule has 0 unspecified atom stereocenters. The molecule has 3 rings (SSSR count). The van der Waals surface area contributed by atoms with Crippen molar-refractivity contribution < 1.29 is 13.9 Å². The Hall–Kier alpha value is -2.56. The number of benzene rings is 1. The van der Waals surface area contributed by atoms with E-state index in [9.17, 15) is 4.79 Å². The molecular formula is C15H14N2O3. The second-order valence-corrected chi connectivity index (χ2v) is 4.63. The molecule has 0 fully saturated rings. The number of aromatic nitrogens is 2. The van der Waals surface area contributed by atoms with Crippen LogP contribution in [0.5, 0.6) is 5.75 Å².